The zero-order chi connectivity index (χ0) is 19.8. The van der Waals surface area contributed by atoms with Gasteiger partial charge in [0.25, 0.3) is 0 Å². The third kappa shape index (κ3) is 2.67. The van der Waals surface area contributed by atoms with Crippen LogP contribution in [-0.4, -0.2) is 29.4 Å². The van der Waals surface area contributed by atoms with E-state index in [0.717, 1.165) is 22.0 Å². The summed E-state index contributed by atoms with van der Waals surface area (Å²) in [7, 11) is 3.54. The number of aryl methyl sites for hydroxylation is 1. The van der Waals surface area contributed by atoms with Crippen LogP contribution >= 0.6 is 0 Å². The number of benzene rings is 3. The number of esters is 1. The molecule has 0 unspecified atom stereocenters. The molecule has 0 atom stereocenters. The number of aromatic nitrogens is 1. The van der Waals surface area contributed by atoms with Gasteiger partial charge in [-0.05, 0) is 36.8 Å². The Balaban J connectivity index is 2.15. The molecule has 3 aromatic carbocycles. The number of carbonyl (C=O) groups is 1. The lowest BCUT2D eigenvalue weighted by atomic mass is 9.96. The topological polar surface area (TPSA) is 60.7 Å². The fourth-order valence-corrected chi connectivity index (χ4v) is 3.70. The van der Waals surface area contributed by atoms with E-state index in [4.69, 9.17) is 9.47 Å². The lowest BCUT2D eigenvalue weighted by Crippen LogP contribution is -2.07. The van der Waals surface area contributed by atoms with Crippen molar-refractivity contribution in [1.82, 2.24) is 4.57 Å². The van der Waals surface area contributed by atoms with Crippen molar-refractivity contribution < 1.29 is 19.4 Å². The number of ether oxygens (including phenoxy) is 2. The summed E-state index contributed by atoms with van der Waals surface area (Å²) >= 11 is 0. The van der Waals surface area contributed by atoms with E-state index >= 15 is 0 Å². The Morgan fingerprint density at radius 3 is 2.50 bits per heavy atom. The van der Waals surface area contributed by atoms with E-state index in [0.29, 0.717) is 16.7 Å². The second kappa shape index (κ2) is 6.93. The summed E-state index contributed by atoms with van der Waals surface area (Å²) in [4.78, 5) is 12.8. The largest absolute Gasteiger partial charge is 0.506 e. The molecule has 1 N–H and O–H groups in total. The summed E-state index contributed by atoms with van der Waals surface area (Å²) in [5.41, 5.74) is 3.42. The van der Waals surface area contributed by atoms with Gasteiger partial charge in [0.2, 0.25) is 0 Å². The van der Waals surface area contributed by atoms with Crippen molar-refractivity contribution in [1.29, 1.82) is 0 Å². The molecule has 0 fully saturated rings. The zero-order valence-electron chi connectivity index (χ0n) is 16.0. The predicted octanol–water partition coefficient (Wildman–Crippen LogP) is 4.89. The third-order valence-electron chi connectivity index (χ3n) is 5.04. The maximum absolute atomic E-state index is 12.8. The van der Waals surface area contributed by atoms with E-state index in [-0.39, 0.29) is 17.9 Å². The number of methoxy groups -OCH3 is 1. The van der Waals surface area contributed by atoms with Crippen LogP contribution < -0.4 is 4.74 Å². The van der Waals surface area contributed by atoms with Crippen LogP contribution in [0.5, 0.6) is 11.5 Å². The molecular weight excluding hydrogens is 354 g/mol. The molecular formula is C23H21NO4. The second-order valence-corrected chi connectivity index (χ2v) is 6.57. The van der Waals surface area contributed by atoms with Gasteiger partial charge in [0.05, 0.1) is 24.6 Å². The molecule has 4 aromatic rings. The lowest BCUT2D eigenvalue weighted by Gasteiger charge is -2.13. The second-order valence-electron chi connectivity index (χ2n) is 6.57. The molecule has 1 heterocycles. The number of carbonyl (C=O) groups excluding carboxylic acids is 1. The van der Waals surface area contributed by atoms with Crippen LogP contribution in [0.3, 0.4) is 0 Å². The van der Waals surface area contributed by atoms with Crippen LogP contribution in [0, 0.1) is 0 Å². The van der Waals surface area contributed by atoms with Crippen molar-refractivity contribution in [3.63, 3.8) is 0 Å². The third-order valence-corrected chi connectivity index (χ3v) is 5.04. The number of phenols is 1. The Morgan fingerprint density at radius 1 is 1.07 bits per heavy atom. The van der Waals surface area contributed by atoms with Gasteiger partial charge in [-0.1, -0.05) is 30.3 Å². The highest BCUT2D eigenvalue weighted by Crippen LogP contribution is 2.43. The summed E-state index contributed by atoms with van der Waals surface area (Å²) in [5, 5.41) is 12.6. The van der Waals surface area contributed by atoms with E-state index in [9.17, 15) is 9.90 Å². The van der Waals surface area contributed by atoms with Crippen LogP contribution in [0.1, 0.15) is 17.3 Å². The molecule has 5 nitrogen and oxygen atoms in total. The number of fused-ring (bicyclic) bond motifs is 3. The SMILES string of the molecule is CCOC(=O)c1c(-c2ccccc2)cc2c(c1O)c1cc(OC)ccc1n2C. The predicted molar refractivity (Wildman–Crippen MR) is 110 cm³/mol. The van der Waals surface area contributed by atoms with Crippen LogP contribution in [0.25, 0.3) is 32.9 Å². The minimum absolute atomic E-state index is 0.0753. The maximum Gasteiger partial charge on any atom is 0.342 e. The monoisotopic (exact) mass is 375 g/mol. The molecule has 0 aliphatic rings. The molecule has 0 saturated heterocycles. The number of aromatic hydroxyl groups is 1. The van der Waals surface area contributed by atoms with Gasteiger partial charge in [0.1, 0.15) is 17.1 Å². The van der Waals surface area contributed by atoms with E-state index in [1.807, 2.05) is 66.2 Å². The van der Waals surface area contributed by atoms with Crippen molar-refractivity contribution in [3.05, 3.63) is 60.2 Å². The van der Waals surface area contributed by atoms with Crippen LogP contribution in [-0.2, 0) is 11.8 Å². The molecule has 0 amide bonds. The van der Waals surface area contributed by atoms with Gasteiger partial charge in [0.15, 0.2) is 0 Å². The van der Waals surface area contributed by atoms with Gasteiger partial charge in [0, 0.05) is 23.5 Å². The fraction of sp³-hybridized carbons (Fsp3) is 0.174. The Hall–Kier alpha value is -3.47. The highest BCUT2D eigenvalue weighted by molar-refractivity contribution is 6.17. The fourth-order valence-electron chi connectivity index (χ4n) is 3.70. The average molecular weight is 375 g/mol. The molecule has 0 radical (unpaired) electrons. The highest BCUT2D eigenvalue weighted by atomic mass is 16.5. The van der Waals surface area contributed by atoms with Gasteiger partial charge in [-0.3, -0.25) is 0 Å². The first kappa shape index (κ1) is 17.9. The first-order chi connectivity index (χ1) is 13.6. The number of rotatable bonds is 4. The Labute approximate surface area is 162 Å². The molecule has 0 aliphatic carbocycles. The molecule has 0 aliphatic heterocycles. The first-order valence-corrected chi connectivity index (χ1v) is 9.11. The quantitative estimate of drug-likeness (QED) is 0.516. The Bertz CT molecular complexity index is 1190. The molecule has 28 heavy (non-hydrogen) atoms. The van der Waals surface area contributed by atoms with Crippen molar-refractivity contribution >= 4 is 27.8 Å². The summed E-state index contributed by atoms with van der Waals surface area (Å²) < 4.78 is 12.6. The van der Waals surface area contributed by atoms with E-state index in [2.05, 4.69) is 0 Å². The average Bonchev–Trinajstić information content (AvgIpc) is 3.00. The molecule has 142 valence electrons. The van der Waals surface area contributed by atoms with Gasteiger partial charge in [-0.25, -0.2) is 4.79 Å². The standard InChI is InChI=1S/C23H21NO4/c1-4-28-23(26)21-16(14-8-6-5-7-9-14)13-19-20(22(21)25)17-12-15(27-3)10-11-18(17)24(19)2/h5-13,25H,4H2,1-3H3. The van der Waals surface area contributed by atoms with E-state index in [1.165, 1.54) is 0 Å². The van der Waals surface area contributed by atoms with Crippen molar-refractivity contribution in [2.24, 2.45) is 7.05 Å². The van der Waals surface area contributed by atoms with Crippen LogP contribution in [0.4, 0.5) is 0 Å². The lowest BCUT2D eigenvalue weighted by molar-refractivity contribution is 0.0524. The molecule has 0 bridgehead atoms. The van der Waals surface area contributed by atoms with Gasteiger partial charge in [-0.15, -0.1) is 0 Å². The van der Waals surface area contributed by atoms with Crippen molar-refractivity contribution in [2.75, 3.05) is 13.7 Å². The summed E-state index contributed by atoms with van der Waals surface area (Å²) in [6.45, 7) is 1.98. The summed E-state index contributed by atoms with van der Waals surface area (Å²) in [6, 6.07) is 17.2. The number of hydrogen-bond acceptors (Lipinski definition) is 4. The Kier molecular flexibility index (Phi) is 4.43. The van der Waals surface area contributed by atoms with Gasteiger partial charge < -0.3 is 19.1 Å². The molecule has 4 rings (SSSR count). The smallest absolute Gasteiger partial charge is 0.342 e. The number of hydrogen-bond donors (Lipinski definition) is 1. The van der Waals surface area contributed by atoms with E-state index < -0.39 is 5.97 Å². The van der Waals surface area contributed by atoms with Crippen molar-refractivity contribution in [2.45, 2.75) is 6.92 Å². The van der Waals surface area contributed by atoms with Gasteiger partial charge in [-0.2, -0.15) is 0 Å². The molecule has 0 saturated carbocycles. The van der Waals surface area contributed by atoms with Crippen LogP contribution in [0.2, 0.25) is 0 Å². The number of nitrogens with zero attached hydrogens (tertiary/aromatic N) is 1. The highest BCUT2D eigenvalue weighted by Gasteiger charge is 2.25. The summed E-state index contributed by atoms with van der Waals surface area (Å²) in [6.07, 6.45) is 0. The normalized spacial score (nSPS) is 11.1. The summed E-state index contributed by atoms with van der Waals surface area (Å²) in [5.74, 6) is 0.0681. The molecule has 0 spiro atoms. The molecule has 1 aromatic heterocycles. The maximum atomic E-state index is 12.8. The van der Waals surface area contributed by atoms with Gasteiger partial charge >= 0.3 is 5.97 Å². The minimum atomic E-state index is -0.541. The minimum Gasteiger partial charge on any atom is -0.506 e. The van der Waals surface area contributed by atoms with Crippen molar-refractivity contribution in [3.8, 4) is 22.6 Å². The van der Waals surface area contributed by atoms with E-state index in [1.54, 1.807) is 14.0 Å². The molecule has 5 heteroatoms. The number of phenolic OH excluding ortho intramolecular Hbond substituents is 1. The Morgan fingerprint density at radius 2 is 1.82 bits per heavy atom. The first-order valence-electron chi connectivity index (χ1n) is 9.11. The zero-order valence-corrected chi connectivity index (χ0v) is 16.0. The van der Waals surface area contributed by atoms with Crippen LogP contribution in [0.15, 0.2) is 54.6 Å².